The van der Waals surface area contributed by atoms with Gasteiger partial charge in [0.15, 0.2) is 0 Å². The molecule has 8 heteroatoms. The van der Waals surface area contributed by atoms with Gasteiger partial charge in [0.2, 0.25) is 0 Å². The monoisotopic (exact) mass is 288 g/mol. The van der Waals surface area contributed by atoms with Crippen LogP contribution in [-0.2, 0) is 12.6 Å². The Labute approximate surface area is 112 Å². The van der Waals surface area contributed by atoms with Gasteiger partial charge in [0.25, 0.3) is 5.69 Å². The Morgan fingerprint density at radius 1 is 1.45 bits per heavy atom. The van der Waals surface area contributed by atoms with Gasteiger partial charge in [-0.2, -0.15) is 18.4 Å². The number of nitro groups is 1. The number of hydrogen-bond acceptors (Lipinski definition) is 4. The van der Waals surface area contributed by atoms with Crippen molar-refractivity contribution in [3.8, 4) is 11.8 Å². The zero-order chi connectivity index (χ0) is 15.5. The number of halogens is 3. The third-order valence-corrected chi connectivity index (χ3v) is 2.32. The SMILES string of the molecule is CC(C)Oc1cc(CC#N)c([N+](=O)[O-])cc1C(F)(F)F. The molecule has 108 valence electrons. The van der Waals surface area contributed by atoms with Crippen molar-refractivity contribution < 1.29 is 22.8 Å². The van der Waals surface area contributed by atoms with Gasteiger partial charge in [-0.25, -0.2) is 0 Å². The Morgan fingerprint density at radius 3 is 2.45 bits per heavy atom. The van der Waals surface area contributed by atoms with Gasteiger partial charge in [0.05, 0.1) is 23.5 Å². The molecule has 5 nitrogen and oxygen atoms in total. The first-order chi connectivity index (χ1) is 9.16. The molecule has 0 aliphatic carbocycles. The van der Waals surface area contributed by atoms with Crippen LogP contribution in [0.1, 0.15) is 25.0 Å². The summed E-state index contributed by atoms with van der Waals surface area (Å²) in [6, 6.07) is 2.99. The molecule has 1 aromatic carbocycles. The van der Waals surface area contributed by atoms with Gasteiger partial charge < -0.3 is 4.74 Å². The van der Waals surface area contributed by atoms with Gasteiger partial charge in [-0.15, -0.1) is 0 Å². The van der Waals surface area contributed by atoms with Crippen molar-refractivity contribution >= 4 is 5.69 Å². The molecule has 0 bridgehead atoms. The molecule has 0 radical (unpaired) electrons. The molecule has 0 saturated carbocycles. The second-order valence-corrected chi connectivity index (χ2v) is 4.23. The van der Waals surface area contributed by atoms with Crippen molar-refractivity contribution in [2.75, 3.05) is 0 Å². The van der Waals surface area contributed by atoms with E-state index < -0.39 is 34.2 Å². The van der Waals surface area contributed by atoms with Crippen molar-refractivity contribution in [1.82, 2.24) is 0 Å². The van der Waals surface area contributed by atoms with Crippen LogP contribution in [-0.4, -0.2) is 11.0 Å². The average molecular weight is 288 g/mol. The summed E-state index contributed by atoms with van der Waals surface area (Å²) in [7, 11) is 0. The molecule has 20 heavy (non-hydrogen) atoms. The summed E-state index contributed by atoms with van der Waals surface area (Å²) < 4.78 is 43.7. The molecule has 0 spiro atoms. The van der Waals surface area contributed by atoms with E-state index in [0.717, 1.165) is 6.07 Å². The van der Waals surface area contributed by atoms with Crippen molar-refractivity contribution in [3.05, 3.63) is 33.4 Å². The number of nitriles is 1. The van der Waals surface area contributed by atoms with Gasteiger partial charge in [-0.05, 0) is 19.9 Å². The van der Waals surface area contributed by atoms with E-state index in [-0.39, 0.29) is 12.0 Å². The molecule has 0 saturated heterocycles. The Balaban J connectivity index is 3.52. The summed E-state index contributed by atoms with van der Waals surface area (Å²) >= 11 is 0. The van der Waals surface area contributed by atoms with Crippen LogP contribution in [0.25, 0.3) is 0 Å². The molecule has 0 atom stereocenters. The average Bonchev–Trinajstić information content (AvgIpc) is 2.26. The minimum absolute atomic E-state index is 0.110. The van der Waals surface area contributed by atoms with Crippen LogP contribution >= 0.6 is 0 Å². The highest BCUT2D eigenvalue weighted by Gasteiger charge is 2.37. The quantitative estimate of drug-likeness (QED) is 0.628. The molecule has 0 aliphatic rings. The van der Waals surface area contributed by atoms with Crippen molar-refractivity contribution in [3.63, 3.8) is 0 Å². The normalized spacial score (nSPS) is 11.2. The van der Waals surface area contributed by atoms with Crippen LogP contribution in [0.2, 0.25) is 0 Å². The van der Waals surface area contributed by atoms with Crippen LogP contribution in [0.5, 0.6) is 5.75 Å². The fraction of sp³-hybridized carbons (Fsp3) is 0.417. The summed E-state index contributed by atoms with van der Waals surface area (Å²) in [5.41, 5.74) is -2.07. The van der Waals surface area contributed by atoms with E-state index in [4.69, 9.17) is 10.00 Å². The zero-order valence-corrected chi connectivity index (χ0v) is 10.7. The number of benzene rings is 1. The predicted molar refractivity (Wildman–Crippen MR) is 63.2 cm³/mol. The van der Waals surface area contributed by atoms with Gasteiger partial charge >= 0.3 is 6.18 Å². The summed E-state index contributed by atoms with van der Waals surface area (Å²) in [6.45, 7) is 3.07. The molecule has 0 amide bonds. The van der Waals surface area contributed by atoms with E-state index in [1.54, 1.807) is 6.07 Å². The molecular weight excluding hydrogens is 277 g/mol. The third kappa shape index (κ3) is 3.60. The van der Waals surface area contributed by atoms with E-state index >= 15 is 0 Å². The summed E-state index contributed by atoms with van der Waals surface area (Å²) in [4.78, 5) is 9.85. The second-order valence-electron chi connectivity index (χ2n) is 4.23. The molecule has 0 unspecified atom stereocenters. The topological polar surface area (TPSA) is 76.2 Å². The fourth-order valence-corrected chi connectivity index (χ4v) is 1.58. The fourth-order valence-electron chi connectivity index (χ4n) is 1.58. The number of nitro benzene ring substituents is 1. The lowest BCUT2D eigenvalue weighted by molar-refractivity contribution is -0.385. The maximum Gasteiger partial charge on any atom is 0.420 e. The van der Waals surface area contributed by atoms with Crippen LogP contribution in [0, 0.1) is 21.4 Å². The molecule has 0 fully saturated rings. The Morgan fingerprint density at radius 2 is 2.05 bits per heavy atom. The highest BCUT2D eigenvalue weighted by Crippen LogP contribution is 2.40. The number of alkyl halides is 3. The number of rotatable bonds is 4. The standard InChI is InChI=1S/C12H11F3N2O3/c1-7(2)20-11-5-8(3-4-16)10(17(18)19)6-9(11)12(13,14)15/h5-7H,3H2,1-2H3. The number of nitrogens with zero attached hydrogens (tertiary/aromatic N) is 2. The number of hydrogen-bond donors (Lipinski definition) is 0. The molecule has 0 aromatic heterocycles. The second kappa shape index (κ2) is 5.77. The minimum atomic E-state index is -4.78. The minimum Gasteiger partial charge on any atom is -0.490 e. The summed E-state index contributed by atoms with van der Waals surface area (Å²) in [6.07, 6.45) is -5.68. The first-order valence-electron chi connectivity index (χ1n) is 5.59. The molecule has 0 heterocycles. The first-order valence-corrected chi connectivity index (χ1v) is 5.59. The summed E-state index contributed by atoms with van der Waals surface area (Å²) in [5.74, 6) is -0.511. The molecule has 0 N–H and O–H groups in total. The van der Waals surface area contributed by atoms with E-state index in [1.165, 1.54) is 13.8 Å². The van der Waals surface area contributed by atoms with E-state index in [1.807, 2.05) is 0 Å². The van der Waals surface area contributed by atoms with E-state index in [2.05, 4.69) is 0 Å². The molecule has 1 aromatic rings. The molecular formula is C12H11F3N2O3. The van der Waals surface area contributed by atoms with Gasteiger partial charge in [-0.3, -0.25) is 10.1 Å². The highest BCUT2D eigenvalue weighted by molar-refractivity contribution is 5.52. The van der Waals surface area contributed by atoms with E-state index in [0.29, 0.717) is 6.07 Å². The van der Waals surface area contributed by atoms with Crippen molar-refractivity contribution in [2.24, 2.45) is 0 Å². The highest BCUT2D eigenvalue weighted by atomic mass is 19.4. The summed E-state index contributed by atoms with van der Waals surface area (Å²) in [5, 5.41) is 19.4. The number of ether oxygens (including phenoxy) is 1. The Hall–Kier alpha value is -2.30. The van der Waals surface area contributed by atoms with E-state index in [9.17, 15) is 23.3 Å². The maximum atomic E-state index is 12.9. The van der Waals surface area contributed by atoms with Crippen molar-refractivity contribution in [1.29, 1.82) is 5.26 Å². The lowest BCUT2D eigenvalue weighted by atomic mass is 10.0. The first kappa shape index (κ1) is 15.8. The molecule has 0 aliphatic heterocycles. The zero-order valence-electron chi connectivity index (χ0n) is 10.7. The lowest BCUT2D eigenvalue weighted by Crippen LogP contribution is -2.14. The largest absolute Gasteiger partial charge is 0.490 e. The Kier molecular flexibility index (Phi) is 4.55. The van der Waals surface area contributed by atoms with Gasteiger partial charge in [0.1, 0.15) is 11.3 Å². The van der Waals surface area contributed by atoms with Crippen LogP contribution in [0.4, 0.5) is 18.9 Å². The van der Waals surface area contributed by atoms with Gasteiger partial charge in [-0.1, -0.05) is 0 Å². The lowest BCUT2D eigenvalue weighted by Gasteiger charge is -2.17. The smallest absolute Gasteiger partial charge is 0.420 e. The van der Waals surface area contributed by atoms with Crippen LogP contribution in [0.15, 0.2) is 12.1 Å². The Bertz CT molecular complexity index is 562. The van der Waals surface area contributed by atoms with Crippen molar-refractivity contribution in [2.45, 2.75) is 32.5 Å². The predicted octanol–water partition coefficient (Wildman–Crippen LogP) is 3.47. The van der Waals surface area contributed by atoms with Crippen LogP contribution in [0.3, 0.4) is 0 Å². The van der Waals surface area contributed by atoms with Gasteiger partial charge in [0, 0.05) is 11.6 Å². The van der Waals surface area contributed by atoms with Crippen LogP contribution < -0.4 is 4.74 Å². The molecule has 1 rings (SSSR count). The maximum absolute atomic E-state index is 12.9. The third-order valence-electron chi connectivity index (χ3n) is 2.32.